The summed E-state index contributed by atoms with van der Waals surface area (Å²) in [5.41, 5.74) is 0.904. The highest BCUT2D eigenvalue weighted by Crippen LogP contribution is 2.29. The molecule has 2 aromatic rings. The molecule has 0 spiro atoms. The molecule has 1 aliphatic heterocycles. The zero-order valence-electron chi connectivity index (χ0n) is 12.1. The maximum Gasteiger partial charge on any atom is 0.316 e. The number of esters is 1. The quantitative estimate of drug-likeness (QED) is 0.808. The largest absolute Gasteiger partial charge is 0.497 e. The van der Waals surface area contributed by atoms with Crippen LogP contribution in [0.15, 0.2) is 24.3 Å². The first-order chi connectivity index (χ1) is 10.2. The van der Waals surface area contributed by atoms with Crippen LogP contribution in [0.4, 0.5) is 0 Å². The number of aryl methyl sites for hydroxylation is 1. The summed E-state index contributed by atoms with van der Waals surface area (Å²) in [5, 5.41) is 4.50. The maximum atomic E-state index is 11.8. The van der Waals surface area contributed by atoms with Gasteiger partial charge in [-0.3, -0.25) is 4.79 Å². The number of carbonyl (C=O) groups excluding carboxylic acids is 1. The van der Waals surface area contributed by atoms with Crippen molar-refractivity contribution in [1.29, 1.82) is 0 Å². The summed E-state index contributed by atoms with van der Waals surface area (Å²) >= 11 is 0. The van der Waals surface area contributed by atoms with Crippen LogP contribution in [0.25, 0.3) is 11.4 Å². The molecule has 0 saturated carbocycles. The Labute approximate surface area is 122 Å². The van der Waals surface area contributed by atoms with Crippen LogP contribution in [-0.2, 0) is 16.1 Å². The smallest absolute Gasteiger partial charge is 0.316 e. The van der Waals surface area contributed by atoms with Crippen molar-refractivity contribution in [2.45, 2.75) is 25.3 Å². The summed E-state index contributed by atoms with van der Waals surface area (Å²) in [5.74, 6) is 1.55. The Kier molecular flexibility index (Phi) is 3.60. The third-order valence-electron chi connectivity index (χ3n) is 3.71. The van der Waals surface area contributed by atoms with E-state index in [4.69, 9.17) is 9.47 Å². The second-order valence-corrected chi connectivity index (χ2v) is 4.96. The molecule has 1 atom stereocenters. The van der Waals surface area contributed by atoms with Crippen molar-refractivity contribution in [3.63, 3.8) is 0 Å². The van der Waals surface area contributed by atoms with Crippen LogP contribution in [0, 0.1) is 0 Å². The zero-order valence-corrected chi connectivity index (χ0v) is 12.1. The van der Waals surface area contributed by atoms with Crippen molar-refractivity contribution in [2.24, 2.45) is 0 Å². The molecule has 1 aromatic carbocycles. The predicted octanol–water partition coefficient (Wildman–Crippen LogP) is 2.00. The maximum absolute atomic E-state index is 11.8. The number of rotatable bonds is 3. The first-order valence-corrected chi connectivity index (χ1v) is 6.90. The van der Waals surface area contributed by atoms with Gasteiger partial charge in [0, 0.05) is 12.1 Å². The van der Waals surface area contributed by atoms with Crippen molar-refractivity contribution in [3.05, 3.63) is 30.1 Å². The summed E-state index contributed by atoms with van der Waals surface area (Å²) in [6.07, 6.45) is 1.66. The number of benzene rings is 1. The monoisotopic (exact) mass is 287 g/mol. The third-order valence-corrected chi connectivity index (χ3v) is 3.71. The molecule has 3 rings (SSSR count). The minimum absolute atomic E-state index is 0.246. The lowest BCUT2D eigenvalue weighted by Crippen LogP contribution is -2.24. The van der Waals surface area contributed by atoms with Gasteiger partial charge in [0.05, 0.1) is 14.2 Å². The lowest BCUT2D eigenvalue weighted by Gasteiger charge is -2.19. The van der Waals surface area contributed by atoms with E-state index in [1.54, 1.807) is 7.11 Å². The Morgan fingerprint density at radius 2 is 2.05 bits per heavy atom. The van der Waals surface area contributed by atoms with Gasteiger partial charge in [-0.1, -0.05) is 0 Å². The highest BCUT2D eigenvalue weighted by Gasteiger charge is 2.31. The topological polar surface area (TPSA) is 66.2 Å². The fraction of sp³-hybridized carbons (Fsp3) is 0.400. The molecule has 0 N–H and O–H groups in total. The molecular formula is C15H17N3O3. The van der Waals surface area contributed by atoms with Gasteiger partial charge in [0.25, 0.3) is 0 Å². The average molecular weight is 287 g/mol. The van der Waals surface area contributed by atoms with E-state index in [-0.39, 0.29) is 11.9 Å². The standard InChI is InChI=1S/C15H17N3O3/c1-20-11-7-5-10(6-8-11)13-16-14-12(15(19)21-2)4-3-9-18(14)17-13/h5-8,12H,3-4,9H2,1-2H3. The predicted molar refractivity (Wildman–Crippen MR) is 76.0 cm³/mol. The zero-order chi connectivity index (χ0) is 14.8. The number of hydrogen-bond donors (Lipinski definition) is 0. The van der Waals surface area contributed by atoms with Crippen molar-refractivity contribution >= 4 is 5.97 Å². The van der Waals surface area contributed by atoms with Crippen LogP contribution < -0.4 is 4.74 Å². The van der Waals surface area contributed by atoms with Crippen LogP contribution in [-0.4, -0.2) is 35.0 Å². The van der Waals surface area contributed by atoms with Crippen LogP contribution in [0.3, 0.4) is 0 Å². The first-order valence-electron chi connectivity index (χ1n) is 6.90. The second kappa shape index (κ2) is 5.55. The summed E-state index contributed by atoms with van der Waals surface area (Å²) < 4.78 is 11.8. The van der Waals surface area contributed by atoms with Crippen LogP contribution >= 0.6 is 0 Å². The minimum Gasteiger partial charge on any atom is -0.497 e. The molecule has 0 bridgehead atoms. The average Bonchev–Trinajstić information content (AvgIpc) is 2.98. The van der Waals surface area contributed by atoms with Crippen molar-refractivity contribution < 1.29 is 14.3 Å². The Hall–Kier alpha value is -2.37. The second-order valence-electron chi connectivity index (χ2n) is 4.96. The summed E-state index contributed by atoms with van der Waals surface area (Å²) in [4.78, 5) is 16.4. The van der Waals surface area contributed by atoms with Gasteiger partial charge in [0.2, 0.25) is 0 Å². The summed E-state index contributed by atoms with van der Waals surface area (Å²) in [6, 6.07) is 7.56. The SMILES string of the molecule is COC(=O)C1CCCn2nc(-c3ccc(OC)cc3)nc21. The normalized spacial score (nSPS) is 17.1. The molecular weight excluding hydrogens is 270 g/mol. The number of ether oxygens (including phenoxy) is 2. The van der Waals surface area contributed by atoms with E-state index in [0.29, 0.717) is 11.6 Å². The van der Waals surface area contributed by atoms with Crippen molar-refractivity contribution in [1.82, 2.24) is 14.8 Å². The number of hydrogen-bond acceptors (Lipinski definition) is 5. The van der Waals surface area contributed by atoms with Gasteiger partial charge in [-0.15, -0.1) is 0 Å². The number of methoxy groups -OCH3 is 2. The molecule has 0 fully saturated rings. The molecule has 1 unspecified atom stereocenters. The fourth-order valence-electron chi connectivity index (χ4n) is 2.58. The Morgan fingerprint density at radius 1 is 1.29 bits per heavy atom. The van der Waals surface area contributed by atoms with E-state index in [1.165, 1.54) is 7.11 Å². The molecule has 0 radical (unpaired) electrons. The van der Waals surface area contributed by atoms with Gasteiger partial charge >= 0.3 is 5.97 Å². The summed E-state index contributed by atoms with van der Waals surface area (Å²) in [7, 11) is 3.03. The highest BCUT2D eigenvalue weighted by atomic mass is 16.5. The molecule has 110 valence electrons. The molecule has 21 heavy (non-hydrogen) atoms. The van der Waals surface area contributed by atoms with E-state index >= 15 is 0 Å². The number of carbonyl (C=O) groups is 1. The molecule has 1 aromatic heterocycles. The van der Waals surface area contributed by atoms with Gasteiger partial charge in [-0.05, 0) is 37.1 Å². The molecule has 0 aliphatic carbocycles. The van der Waals surface area contributed by atoms with Gasteiger partial charge < -0.3 is 9.47 Å². The Bertz CT molecular complexity index is 649. The van der Waals surface area contributed by atoms with Crippen LogP contribution in [0.1, 0.15) is 24.6 Å². The summed E-state index contributed by atoms with van der Waals surface area (Å²) in [6.45, 7) is 0.784. The van der Waals surface area contributed by atoms with Gasteiger partial charge in [-0.25, -0.2) is 9.67 Å². The molecule has 1 aliphatic rings. The molecule has 6 heteroatoms. The molecule has 0 saturated heterocycles. The van der Waals surface area contributed by atoms with Crippen LogP contribution in [0.2, 0.25) is 0 Å². The fourth-order valence-corrected chi connectivity index (χ4v) is 2.58. The van der Waals surface area contributed by atoms with Crippen molar-refractivity contribution in [3.8, 4) is 17.1 Å². The van der Waals surface area contributed by atoms with E-state index in [9.17, 15) is 4.79 Å². The lowest BCUT2D eigenvalue weighted by molar-refractivity contribution is -0.143. The van der Waals surface area contributed by atoms with Gasteiger partial charge in [-0.2, -0.15) is 5.10 Å². The van der Waals surface area contributed by atoms with E-state index in [1.807, 2.05) is 28.9 Å². The van der Waals surface area contributed by atoms with Gasteiger partial charge in [0.15, 0.2) is 5.82 Å². The highest BCUT2D eigenvalue weighted by molar-refractivity contribution is 5.77. The van der Waals surface area contributed by atoms with E-state index in [0.717, 1.165) is 30.7 Å². The molecule has 2 heterocycles. The minimum atomic E-state index is -0.316. The Balaban J connectivity index is 1.95. The first kappa shape index (κ1) is 13.6. The third kappa shape index (κ3) is 2.49. The number of nitrogens with zero attached hydrogens (tertiary/aromatic N) is 3. The lowest BCUT2D eigenvalue weighted by atomic mass is 9.99. The van der Waals surface area contributed by atoms with Crippen molar-refractivity contribution in [2.75, 3.05) is 14.2 Å². The Morgan fingerprint density at radius 3 is 2.71 bits per heavy atom. The van der Waals surface area contributed by atoms with Gasteiger partial charge in [0.1, 0.15) is 17.5 Å². The molecule has 0 amide bonds. The van der Waals surface area contributed by atoms with E-state index < -0.39 is 0 Å². The molecule has 6 nitrogen and oxygen atoms in total. The van der Waals surface area contributed by atoms with Crippen LogP contribution in [0.5, 0.6) is 5.75 Å². The number of aromatic nitrogens is 3. The van der Waals surface area contributed by atoms with E-state index in [2.05, 4.69) is 10.1 Å². The number of fused-ring (bicyclic) bond motifs is 1.